The van der Waals surface area contributed by atoms with Gasteiger partial charge in [-0.2, -0.15) is 0 Å². The molecule has 0 aliphatic carbocycles. The molecular formula is C54H34N2O. The molecule has 0 spiro atoms. The number of para-hydroxylation sites is 3. The summed E-state index contributed by atoms with van der Waals surface area (Å²) in [5.41, 5.74) is 10.6. The van der Waals surface area contributed by atoms with Crippen molar-refractivity contribution in [1.82, 2.24) is 4.57 Å². The fraction of sp³-hybridized carbons (Fsp3) is 0. The number of nitrogens with zero attached hydrogens (tertiary/aromatic N) is 2. The monoisotopic (exact) mass is 726 g/mol. The highest BCUT2D eigenvalue weighted by Gasteiger charge is 2.24. The molecule has 3 heteroatoms. The number of furan rings is 1. The molecule has 10 aromatic carbocycles. The Bertz CT molecular complexity index is 3530. The van der Waals surface area contributed by atoms with Gasteiger partial charge in [-0.25, -0.2) is 0 Å². The van der Waals surface area contributed by atoms with Gasteiger partial charge in [0, 0.05) is 38.8 Å². The Morgan fingerprint density at radius 1 is 0.368 bits per heavy atom. The molecule has 0 unspecified atom stereocenters. The van der Waals surface area contributed by atoms with Gasteiger partial charge < -0.3 is 13.9 Å². The normalized spacial score (nSPS) is 11.9. The fourth-order valence-corrected chi connectivity index (χ4v) is 9.18. The predicted octanol–water partition coefficient (Wildman–Crippen LogP) is 15.3. The standard InChI is InChI=1S/C54H34N2O/c1-2-16-38(17-3-1)56-49-23-10-8-20-44(49)45-30-29-40(34-51(45)56)55(39-28-27-37-26-25-36-14-5-7-19-42(36)48(37)33-39)50-32-31-46(43-22-12-15-35-13-4-6-18-41(35)43)54-53(50)47-21-9-11-24-52(47)57-54/h1-34H. The Hall–Kier alpha value is -7.62. The van der Waals surface area contributed by atoms with E-state index in [0.717, 1.165) is 61.3 Å². The van der Waals surface area contributed by atoms with Crippen LogP contribution in [0.4, 0.5) is 17.1 Å². The van der Waals surface area contributed by atoms with Crippen LogP contribution in [0.2, 0.25) is 0 Å². The number of fused-ring (bicyclic) bond motifs is 10. The Morgan fingerprint density at radius 2 is 0.982 bits per heavy atom. The van der Waals surface area contributed by atoms with Crippen LogP contribution in [0.15, 0.2) is 211 Å². The zero-order valence-corrected chi connectivity index (χ0v) is 30.9. The predicted molar refractivity (Wildman–Crippen MR) is 241 cm³/mol. The van der Waals surface area contributed by atoms with Crippen LogP contribution >= 0.6 is 0 Å². The second-order valence-corrected chi connectivity index (χ2v) is 14.9. The zero-order chi connectivity index (χ0) is 37.5. The second kappa shape index (κ2) is 12.5. The van der Waals surface area contributed by atoms with Gasteiger partial charge in [-0.05, 0) is 98.5 Å². The number of rotatable bonds is 5. The Kier molecular flexibility index (Phi) is 6.93. The summed E-state index contributed by atoms with van der Waals surface area (Å²) in [4.78, 5) is 2.44. The lowest BCUT2D eigenvalue weighted by atomic mass is 9.95. The molecule has 0 bridgehead atoms. The first-order valence-corrected chi connectivity index (χ1v) is 19.5. The van der Waals surface area contributed by atoms with Crippen molar-refractivity contribution in [3.05, 3.63) is 206 Å². The summed E-state index contributed by atoms with van der Waals surface area (Å²) >= 11 is 0. The van der Waals surface area contributed by atoms with Gasteiger partial charge in [-0.3, -0.25) is 0 Å². The number of anilines is 3. The summed E-state index contributed by atoms with van der Waals surface area (Å²) in [5.74, 6) is 0. The molecule has 0 amide bonds. The lowest BCUT2D eigenvalue weighted by Crippen LogP contribution is -2.11. The number of benzene rings is 10. The van der Waals surface area contributed by atoms with Crippen molar-refractivity contribution in [3.63, 3.8) is 0 Å². The van der Waals surface area contributed by atoms with Crippen molar-refractivity contribution < 1.29 is 4.42 Å². The molecule has 0 fully saturated rings. The van der Waals surface area contributed by atoms with Gasteiger partial charge in [0.1, 0.15) is 11.2 Å². The van der Waals surface area contributed by atoms with Crippen LogP contribution in [-0.4, -0.2) is 4.57 Å². The van der Waals surface area contributed by atoms with E-state index in [9.17, 15) is 0 Å². The number of hydrogen-bond acceptors (Lipinski definition) is 2. The van der Waals surface area contributed by atoms with Crippen molar-refractivity contribution in [3.8, 4) is 16.8 Å². The van der Waals surface area contributed by atoms with Crippen molar-refractivity contribution in [2.45, 2.75) is 0 Å². The molecule has 0 aliphatic rings. The molecule has 12 rings (SSSR count). The molecule has 12 aromatic rings. The largest absolute Gasteiger partial charge is 0.455 e. The summed E-state index contributed by atoms with van der Waals surface area (Å²) in [6.07, 6.45) is 0. The highest BCUT2D eigenvalue weighted by molar-refractivity contribution is 6.19. The van der Waals surface area contributed by atoms with E-state index in [1.807, 2.05) is 0 Å². The fourth-order valence-electron chi connectivity index (χ4n) is 9.18. The molecule has 0 N–H and O–H groups in total. The van der Waals surface area contributed by atoms with E-state index in [1.165, 1.54) is 48.6 Å². The van der Waals surface area contributed by atoms with Crippen LogP contribution in [0, 0.1) is 0 Å². The number of hydrogen-bond donors (Lipinski definition) is 0. The van der Waals surface area contributed by atoms with Gasteiger partial charge in [0.25, 0.3) is 0 Å². The lowest BCUT2D eigenvalue weighted by molar-refractivity contribution is 0.670. The maximum atomic E-state index is 6.93. The summed E-state index contributed by atoms with van der Waals surface area (Å²) in [6.45, 7) is 0. The Balaban J connectivity index is 1.19. The molecule has 266 valence electrons. The SMILES string of the molecule is c1ccc(-n2c3ccccc3c3ccc(N(c4ccc5ccc6ccccc6c5c4)c4ccc(-c5cccc6ccccc56)c5oc6ccccc6c45)cc32)cc1. The van der Waals surface area contributed by atoms with Gasteiger partial charge >= 0.3 is 0 Å². The molecule has 57 heavy (non-hydrogen) atoms. The molecule has 2 aromatic heterocycles. The van der Waals surface area contributed by atoms with Crippen molar-refractivity contribution in [2.24, 2.45) is 0 Å². The highest BCUT2D eigenvalue weighted by Crippen LogP contribution is 2.48. The molecule has 0 radical (unpaired) electrons. The van der Waals surface area contributed by atoms with E-state index in [0.29, 0.717) is 0 Å². The molecule has 2 heterocycles. The molecule has 0 atom stereocenters. The Labute approximate surface area is 328 Å². The first kappa shape index (κ1) is 31.7. The Morgan fingerprint density at radius 3 is 1.84 bits per heavy atom. The van der Waals surface area contributed by atoms with E-state index in [1.54, 1.807) is 0 Å². The smallest absolute Gasteiger partial charge is 0.145 e. The van der Waals surface area contributed by atoms with E-state index in [2.05, 4.69) is 216 Å². The van der Waals surface area contributed by atoms with E-state index in [-0.39, 0.29) is 0 Å². The van der Waals surface area contributed by atoms with Crippen LogP contribution in [0.3, 0.4) is 0 Å². The van der Waals surface area contributed by atoms with Crippen molar-refractivity contribution in [2.75, 3.05) is 4.90 Å². The van der Waals surface area contributed by atoms with Gasteiger partial charge in [-0.15, -0.1) is 0 Å². The van der Waals surface area contributed by atoms with E-state index < -0.39 is 0 Å². The van der Waals surface area contributed by atoms with Gasteiger partial charge in [-0.1, -0.05) is 146 Å². The first-order chi connectivity index (χ1) is 28.3. The van der Waals surface area contributed by atoms with Crippen LogP contribution < -0.4 is 4.90 Å². The van der Waals surface area contributed by atoms with Crippen LogP contribution in [0.5, 0.6) is 0 Å². The minimum absolute atomic E-state index is 0.866. The third-order valence-electron chi connectivity index (χ3n) is 11.7. The minimum atomic E-state index is 0.866. The van der Waals surface area contributed by atoms with E-state index >= 15 is 0 Å². The average molecular weight is 727 g/mol. The van der Waals surface area contributed by atoms with E-state index in [4.69, 9.17) is 4.42 Å². The molecule has 3 nitrogen and oxygen atoms in total. The minimum Gasteiger partial charge on any atom is -0.455 e. The lowest BCUT2D eigenvalue weighted by Gasteiger charge is -2.27. The third kappa shape index (κ3) is 4.86. The van der Waals surface area contributed by atoms with Gasteiger partial charge in [0.2, 0.25) is 0 Å². The van der Waals surface area contributed by atoms with Crippen LogP contribution in [0.25, 0.3) is 92.9 Å². The first-order valence-electron chi connectivity index (χ1n) is 19.5. The number of aromatic nitrogens is 1. The highest BCUT2D eigenvalue weighted by atomic mass is 16.3. The molecule has 0 aliphatic heterocycles. The maximum absolute atomic E-state index is 6.93. The zero-order valence-electron chi connectivity index (χ0n) is 30.9. The van der Waals surface area contributed by atoms with Gasteiger partial charge in [0.05, 0.1) is 22.1 Å². The molecule has 0 saturated carbocycles. The summed E-state index contributed by atoms with van der Waals surface area (Å²) in [5, 5.41) is 11.9. The van der Waals surface area contributed by atoms with Crippen LogP contribution in [0.1, 0.15) is 0 Å². The summed E-state index contributed by atoms with van der Waals surface area (Å²) in [6, 6.07) is 74.5. The second-order valence-electron chi connectivity index (χ2n) is 14.9. The van der Waals surface area contributed by atoms with Crippen molar-refractivity contribution >= 4 is 93.1 Å². The topological polar surface area (TPSA) is 21.3 Å². The maximum Gasteiger partial charge on any atom is 0.145 e. The van der Waals surface area contributed by atoms with Gasteiger partial charge in [0.15, 0.2) is 0 Å². The van der Waals surface area contributed by atoms with Crippen molar-refractivity contribution in [1.29, 1.82) is 0 Å². The molecule has 0 saturated heterocycles. The summed E-state index contributed by atoms with van der Waals surface area (Å²) in [7, 11) is 0. The quantitative estimate of drug-likeness (QED) is 0.165. The molecular weight excluding hydrogens is 693 g/mol. The third-order valence-corrected chi connectivity index (χ3v) is 11.7. The summed E-state index contributed by atoms with van der Waals surface area (Å²) < 4.78 is 9.33. The average Bonchev–Trinajstić information content (AvgIpc) is 3.83. The van der Waals surface area contributed by atoms with Crippen LogP contribution in [-0.2, 0) is 0 Å².